The van der Waals surface area contributed by atoms with Crippen LogP contribution in [0.15, 0.2) is 48.1 Å². The van der Waals surface area contributed by atoms with Gasteiger partial charge in [-0.3, -0.25) is 4.79 Å². The van der Waals surface area contributed by atoms with Gasteiger partial charge in [-0.2, -0.15) is 5.48 Å². The summed E-state index contributed by atoms with van der Waals surface area (Å²) < 4.78 is 0. The number of Topliss-reactive ketones (excluding diaryl/α,β-unsaturated/α-hetero) is 1. The van der Waals surface area contributed by atoms with Gasteiger partial charge in [0, 0.05) is 31.3 Å². The van der Waals surface area contributed by atoms with Crippen LogP contribution in [-0.2, 0) is 0 Å². The van der Waals surface area contributed by atoms with Gasteiger partial charge in [0.2, 0.25) is 0 Å². The Kier molecular flexibility index (Phi) is 6.98. The van der Waals surface area contributed by atoms with Crippen LogP contribution in [0.5, 0.6) is 0 Å². The molecule has 0 bridgehead atoms. The molecule has 22 heavy (non-hydrogen) atoms. The number of carbonyl (C=O) groups is 1. The number of nitrogens with one attached hydrogen (secondary N) is 1. The monoisotopic (exact) mass is 304 g/mol. The maximum absolute atomic E-state index is 12.4. The van der Waals surface area contributed by atoms with Crippen molar-refractivity contribution in [1.82, 2.24) is 5.48 Å². The van der Waals surface area contributed by atoms with Gasteiger partial charge in [-0.05, 0) is 37.3 Å². The van der Waals surface area contributed by atoms with Crippen molar-refractivity contribution in [3.8, 4) is 0 Å². The molecule has 3 N–H and O–H groups in total. The summed E-state index contributed by atoms with van der Waals surface area (Å²) in [6.45, 7) is 3.67. The average molecular weight is 304 g/mol. The van der Waals surface area contributed by atoms with Crippen LogP contribution in [0.4, 0.5) is 5.69 Å². The summed E-state index contributed by atoms with van der Waals surface area (Å²) in [6, 6.07) is 7.48. The molecule has 2 unspecified atom stereocenters. The molecule has 1 rings (SSSR count). The normalized spacial score (nSPS) is 14.9. The topological polar surface area (TPSA) is 72.8 Å². The first-order valence-electron chi connectivity index (χ1n) is 7.11. The maximum atomic E-state index is 12.4. The quantitative estimate of drug-likeness (QED) is 0.312. The fourth-order valence-electron chi connectivity index (χ4n) is 2.00. The number of hydroxylamine groups is 1. The molecule has 5 nitrogen and oxygen atoms in total. The van der Waals surface area contributed by atoms with Crippen molar-refractivity contribution in [3.63, 3.8) is 0 Å². The number of benzene rings is 1. The minimum Gasteiger partial charge on any atom is -0.378 e. The molecule has 5 heteroatoms. The lowest BCUT2D eigenvalue weighted by Gasteiger charge is -2.13. The fraction of sp³-hybridized carbons (Fsp3) is 0.353. The van der Waals surface area contributed by atoms with Crippen LogP contribution in [0.2, 0.25) is 0 Å². The number of ketones is 1. The highest BCUT2D eigenvalue weighted by Gasteiger charge is 2.13. The molecule has 1 aromatic rings. The smallest absolute Gasteiger partial charge is 0.169 e. The third-order valence-corrected chi connectivity index (χ3v) is 3.27. The van der Waals surface area contributed by atoms with Gasteiger partial charge in [0.25, 0.3) is 0 Å². The third kappa shape index (κ3) is 5.44. The zero-order valence-electron chi connectivity index (χ0n) is 13.4. The summed E-state index contributed by atoms with van der Waals surface area (Å²) >= 11 is 0. The largest absolute Gasteiger partial charge is 0.378 e. The Morgan fingerprint density at radius 1 is 1.27 bits per heavy atom. The molecule has 120 valence electrons. The van der Waals surface area contributed by atoms with E-state index >= 15 is 0 Å². The van der Waals surface area contributed by atoms with E-state index in [4.69, 9.17) is 10.3 Å². The Morgan fingerprint density at radius 3 is 2.36 bits per heavy atom. The number of aliphatic hydroxyl groups is 1. The highest BCUT2D eigenvalue weighted by atomic mass is 16.5. The van der Waals surface area contributed by atoms with E-state index in [0.29, 0.717) is 5.56 Å². The van der Waals surface area contributed by atoms with Gasteiger partial charge in [0.15, 0.2) is 5.78 Å². The average Bonchev–Trinajstić information content (AvgIpc) is 2.51. The second kappa shape index (κ2) is 8.48. The molecule has 0 radical (unpaired) electrons. The highest BCUT2D eigenvalue weighted by Crippen LogP contribution is 2.17. The van der Waals surface area contributed by atoms with E-state index in [1.165, 1.54) is 6.08 Å². The van der Waals surface area contributed by atoms with Crippen molar-refractivity contribution in [2.75, 3.05) is 19.0 Å². The molecule has 0 saturated carbocycles. The van der Waals surface area contributed by atoms with Gasteiger partial charge >= 0.3 is 0 Å². The number of hydrogen-bond acceptors (Lipinski definition) is 5. The summed E-state index contributed by atoms with van der Waals surface area (Å²) in [6.07, 6.45) is 3.75. The lowest BCUT2D eigenvalue weighted by atomic mass is 9.97. The predicted molar refractivity (Wildman–Crippen MR) is 88.1 cm³/mol. The number of allylic oxidation sites excluding steroid dienone is 3. The van der Waals surface area contributed by atoms with Gasteiger partial charge in [0.1, 0.15) is 6.23 Å². The second-order valence-electron chi connectivity index (χ2n) is 5.44. The Hall–Kier alpha value is -1.95. The first kappa shape index (κ1) is 18.1. The molecule has 0 spiro atoms. The van der Waals surface area contributed by atoms with E-state index in [2.05, 4.69) is 0 Å². The number of nitrogens with zero attached hydrogens (tertiary/aromatic N) is 1. The minimum atomic E-state index is -1.12. The van der Waals surface area contributed by atoms with E-state index in [-0.39, 0.29) is 11.7 Å². The van der Waals surface area contributed by atoms with Gasteiger partial charge < -0.3 is 15.2 Å². The van der Waals surface area contributed by atoms with E-state index in [0.717, 1.165) is 11.3 Å². The molecule has 0 aliphatic heterocycles. The van der Waals surface area contributed by atoms with Gasteiger partial charge in [0.05, 0.1) is 0 Å². The SMILES string of the molecule is CC(C=CC(O)NO)=CC(C)C(=O)c1ccc(N(C)C)cc1. The third-order valence-electron chi connectivity index (χ3n) is 3.27. The fourth-order valence-corrected chi connectivity index (χ4v) is 2.00. The molecule has 0 aliphatic rings. The Bertz CT molecular complexity index is 548. The zero-order chi connectivity index (χ0) is 16.7. The Balaban J connectivity index is 2.77. The minimum absolute atomic E-state index is 0.0406. The van der Waals surface area contributed by atoms with Crippen molar-refractivity contribution in [1.29, 1.82) is 0 Å². The molecule has 0 aromatic heterocycles. The zero-order valence-corrected chi connectivity index (χ0v) is 13.4. The van der Waals surface area contributed by atoms with Crippen LogP contribution in [0, 0.1) is 5.92 Å². The number of hydrogen-bond donors (Lipinski definition) is 3. The first-order chi connectivity index (χ1) is 10.3. The lowest BCUT2D eigenvalue weighted by molar-refractivity contribution is 0.0318. The van der Waals surface area contributed by atoms with Crippen molar-refractivity contribution in [3.05, 3.63) is 53.6 Å². The molecule has 1 aromatic carbocycles. The van der Waals surface area contributed by atoms with E-state index in [1.807, 2.05) is 63.2 Å². The summed E-state index contributed by atoms with van der Waals surface area (Å²) in [7, 11) is 3.90. The molecular weight excluding hydrogens is 280 g/mol. The van der Waals surface area contributed by atoms with Gasteiger partial charge in [-0.1, -0.05) is 24.6 Å². The van der Waals surface area contributed by atoms with Gasteiger partial charge in [-0.15, -0.1) is 0 Å². The van der Waals surface area contributed by atoms with Crippen molar-refractivity contribution >= 4 is 11.5 Å². The molecule has 0 amide bonds. The first-order valence-corrected chi connectivity index (χ1v) is 7.11. The number of rotatable bonds is 7. The van der Waals surface area contributed by atoms with Crippen LogP contribution in [0.1, 0.15) is 24.2 Å². The molecule has 0 fully saturated rings. The number of anilines is 1. The molecule has 0 saturated heterocycles. The van der Waals surface area contributed by atoms with E-state index in [9.17, 15) is 4.79 Å². The summed E-state index contributed by atoms with van der Waals surface area (Å²) in [5.41, 5.74) is 4.26. The number of carbonyl (C=O) groups excluding carboxylic acids is 1. The van der Waals surface area contributed by atoms with Crippen LogP contribution in [0.3, 0.4) is 0 Å². The van der Waals surface area contributed by atoms with Crippen LogP contribution in [-0.4, -0.2) is 36.4 Å². The van der Waals surface area contributed by atoms with E-state index < -0.39 is 6.23 Å². The Morgan fingerprint density at radius 2 is 1.86 bits per heavy atom. The Labute approximate surface area is 131 Å². The standard InChI is InChI=1S/C17H24N2O3/c1-12(5-10-16(20)18-22)11-13(2)17(21)14-6-8-15(9-7-14)19(3)4/h5-11,13,16,18,20,22H,1-4H3. The summed E-state index contributed by atoms with van der Waals surface area (Å²) in [4.78, 5) is 14.4. The highest BCUT2D eigenvalue weighted by molar-refractivity contribution is 5.99. The van der Waals surface area contributed by atoms with Crippen LogP contribution >= 0.6 is 0 Å². The van der Waals surface area contributed by atoms with Gasteiger partial charge in [-0.25, -0.2) is 0 Å². The summed E-state index contributed by atoms with van der Waals surface area (Å²) in [5.74, 6) is -0.229. The summed E-state index contributed by atoms with van der Waals surface area (Å²) in [5, 5.41) is 17.7. The van der Waals surface area contributed by atoms with E-state index in [1.54, 1.807) is 11.6 Å². The van der Waals surface area contributed by atoms with Crippen LogP contribution in [0.25, 0.3) is 0 Å². The predicted octanol–water partition coefficient (Wildman–Crippen LogP) is 2.37. The van der Waals surface area contributed by atoms with Crippen molar-refractivity contribution < 1.29 is 15.1 Å². The number of aliphatic hydroxyl groups excluding tert-OH is 1. The molecule has 2 atom stereocenters. The molecule has 0 heterocycles. The second-order valence-corrected chi connectivity index (χ2v) is 5.44. The lowest BCUT2D eigenvalue weighted by Crippen LogP contribution is -2.22. The molecule has 0 aliphatic carbocycles. The van der Waals surface area contributed by atoms with Crippen LogP contribution < -0.4 is 10.4 Å². The van der Waals surface area contributed by atoms with Crippen molar-refractivity contribution in [2.45, 2.75) is 20.1 Å². The molecular formula is C17H24N2O3. The maximum Gasteiger partial charge on any atom is 0.169 e. The van der Waals surface area contributed by atoms with Crippen molar-refractivity contribution in [2.24, 2.45) is 5.92 Å².